The molecule has 1 rings (SSSR count). The van der Waals surface area contributed by atoms with Crippen LogP contribution in [0, 0.1) is 0 Å². The Hall–Kier alpha value is -1.35. The molecule has 0 saturated carbocycles. The third kappa shape index (κ3) is 4.13. The predicted octanol–water partition coefficient (Wildman–Crippen LogP) is 2.06. The maximum atomic E-state index is 10.9. The predicted molar refractivity (Wildman–Crippen MR) is 57.3 cm³/mol. The molecule has 0 spiro atoms. The average Bonchev–Trinajstić information content (AvgIpc) is 2.30. The number of methoxy groups -OCH3 is 1. The fourth-order valence-corrected chi connectivity index (χ4v) is 1.28. The highest BCUT2D eigenvalue weighted by Gasteiger charge is 2.08. The first-order valence-electron chi connectivity index (χ1n) is 5.41. The molecule has 3 heteroatoms. The fourth-order valence-electron chi connectivity index (χ4n) is 1.28. The SMILES string of the molecule is [2H]C(O)(CCCC(=O)OC)c1ccccc1. The Balaban J connectivity index is 2.49. The molecule has 0 fully saturated rings. The van der Waals surface area contributed by atoms with Gasteiger partial charge in [0.15, 0.2) is 0 Å². The molecule has 0 aliphatic heterocycles. The van der Waals surface area contributed by atoms with Gasteiger partial charge in [0.05, 0.1) is 14.6 Å². The quantitative estimate of drug-likeness (QED) is 0.755. The van der Waals surface area contributed by atoms with Crippen molar-refractivity contribution >= 4 is 5.97 Å². The van der Waals surface area contributed by atoms with Crippen molar-refractivity contribution in [3.63, 3.8) is 0 Å². The Morgan fingerprint density at radius 1 is 1.53 bits per heavy atom. The lowest BCUT2D eigenvalue weighted by Crippen LogP contribution is -2.02. The minimum Gasteiger partial charge on any atom is -0.469 e. The average molecular weight is 209 g/mol. The van der Waals surface area contributed by atoms with E-state index in [0.717, 1.165) is 0 Å². The van der Waals surface area contributed by atoms with E-state index in [1.807, 2.05) is 6.07 Å². The van der Waals surface area contributed by atoms with Gasteiger partial charge in [-0.1, -0.05) is 30.3 Å². The van der Waals surface area contributed by atoms with Crippen LogP contribution < -0.4 is 0 Å². The van der Waals surface area contributed by atoms with Crippen molar-refractivity contribution in [2.45, 2.75) is 25.3 Å². The number of esters is 1. The van der Waals surface area contributed by atoms with Gasteiger partial charge in [-0.2, -0.15) is 0 Å². The lowest BCUT2D eigenvalue weighted by Gasteiger charge is -2.09. The zero-order chi connectivity index (χ0) is 12.0. The van der Waals surface area contributed by atoms with E-state index in [9.17, 15) is 9.90 Å². The smallest absolute Gasteiger partial charge is 0.305 e. The summed E-state index contributed by atoms with van der Waals surface area (Å²) in [5, 5.41) is 9.89. The molecule has 0 heterocycles. The third-order valence-corrected chi connectivity index (χ3v) is 2.13. The highest BCUT2D eigenvalue weighted by atomic mass is 16.5. The molecule has 0 bridgehead atoms. The van der Waals surface area contributed by atoms with Crippen molar-refractivity contribution in [2.75, 3.05) is 7.11 Å². The standard InChI is InChI=1S/C12H16O3/c1-15-12(14)9-5-8-11(13)10-6-3-2-4-7-10/h2-4,6-7,11,13H,5,8-9H2,1H3/i11D. The van der Waals surface area contributed by atoms with Crippen molar-refractivity contribution < 1.29 is 16.0 Å². The maximum Gasteiger partial charge on any atom is 0.305 e. The second-order valence-electron chi connectivity index (χ2n) is 3.24. The van der Waals surface area contributed by atoms with Gasteiger partial charge >= 0.3 is 5.97 Å². The molecule has 1 atom stereocenters. The molecular weight excluding hydrogens is 192 g/mol. The van der Waals surface area contributed by atoms with Crippen LogP contribution in [0.1, 0.15) is 32.3 Å². The summed E-state index contributed by atoms with van der Waals surface area (Å²) in [5.41, 5.74) is 0.542. The number of benzene rings is 1. The van der Waals surface area contributed by atoms with Crippen LogP contribution in [-0.2, 0) is 9.53 Å². The molecular formula is C12H16O3. The van der Waals surface area contributed by atoms with E-state index in [-0.39, 0.29) is 18.8 Å². The Bertz CT molecular complexity index is 335. The Labute approximate surface area is 91.1 Å². The molecule has 0 saturated heterocycles. The highest BCUT2D eigenvalue weighted by Crippen LogP contribution is 2.18. The van der Waals surface area contributed by atoms with Gasteiger partial charge in [-0.15, -0.1) is 0 Å². The van der Waals surface area contributed by atoms with Crippen LogP contribution in [0.15, 0.2) is 30.3 Å². The molecule has 82 valence electrons. The van der Waals surface area contributed by atoms with Crippen LogP contribution in [0.5, 0.6) is 0 Å². The zero-order valence-electron chi connectivity index (χ0n) is 9.77. The van der Waals surface area contributed by atoms with Crippen LogP contribution in [0.3, 0.4) is 0 Å². The normalized spacial score (nSPS) is 15.2. The van der Waals surface area contributed by atoms with E-state index in [2.05, 4.69) is 4.74 Å². The van der Waals surface area contributed by atoms with Crippen molar-refractivity contribution in [2.24, 2.45) is 0 Å². The van der Waals surface area contributed by atoms with Crippen LogP contribution in [0.25, 0.3) is 0 Å². The second-order valence-corrected chi connectivity index (χ2v) is 3.24. The van der Waals surface area contributed by atoms with Gasteiger partial charge in [0.2, 0.25) is 0 Å². The van der Waals surface area contributed by atoms with Gasteiger partial charge in [0.25, 0.3) is 0 Å². The van der Waals surface area contributed by atoms with E-state index >= 15 is 0 Å². The summed E-state index contributed by atoms with van der Waals surface area (Å²) in [7, 11) is 1.33. The van der Waals surface area contributed by atoms with Crippen molar-refractivity contribution in [3.05, 3.63) is 35.9 Å². The van der Waals surface area contributed by atoms with Crippen LogP contribution >= 0.6 is 0 Å². The first kappa shape index (κ1) is 10.2. The van der Waals surface area contributed by atoms with Crippen LogP contribution in [0.2, 0.25) is 0 Å². The largest absolute Gasteiger partial charge is 0.469 e. The summed E-state index contributed by atoms with van der Waals surface area (Å²) in [6, 6.07) is 8.77. The summed E-state index contributed by atoms with van der Waals surface area (Å²) in [6.45, 7) is 0. The maximum absolute atomic E-state index is 10.9. The molecule has 0 aliphatic rings. The van der Waals surface area contributed by atoms with Gasteiger partial charge in [-0.05, 0) is 18.4 Å². The monoisotopic (exact) mass is 209 g/mol. The molecule has 0 aliphatic carbocycles. The molecule has 0 radical (unpaired) electrons. The van der Waals surface area contributed by atoms with Gasteiger partial charge in [-0.3, -0.25) is 4.79 Å². The summed E-state index contributed by atoms with van der Waals surface area (Å²) < 4.78 is 12.3. The van der Waals surface area contributed by atoms with Crippen LogP contribution in [-0.4, -0.2) is 18.2 Å². The Morgan fingerprint density at radius 3 is 2.80 bits per heavy atom. The Kier molecular flexibility index (Phi) is 4.20. The summed E-state index contributed by atoms with van der Waals surface area (Å²) in [6.07, 6.45) is -0.756. The number of hydrogen-bond donors (Lipinski definition) is 1. The molecule has 1 aromatic rings. The van der Waals surface area contributed by atoms with E-state index in [4.69, 9.17) is 1.37 Å². The van der Waals surface area contributed by atoms with Crippen LogP contribution in [0.4, 0.5) is 0 Å². The molecule has 1 aromatic carbocycles. The van der Waals surface area contributed by atoms with Crippen molar-refractivity contribution in [1.82, 2.24) is 0 Å². The van der Waals surface area contributed by atoms with Gasteiger partial charge in [-0.25, -0.2) is 0 Å². The molecule has 0 aromatic heterocycles. The lowest BCUT2D eigenvalue weighted by atomic mass is 10.0. The highest BCUT2D eigenvalue weighted by molar-refractivity contribution is 5.68. The van der Waals surface area contributed by atoms with Gasteiger partial charge in [0.1, 0.15) is 0 Å². The number of aliphatic hydroxyl groups is 1. The Morgan fingerprint density at radius 2 is 2.20 bits per heavy atom. The van der Waals surface area contributed by atoms with Crippen molar-refractivity contribution in [3.8, 4) is 0 Å². The molecule has 1 unspecified atom stereocenters. The number of carbonyl (C=O) groups excluding carboxylic acids is 1. The lowest BCUT2D eigenvalue weighted by molar-refractivity contribution is -0.140. The molecule has 1 N–H and O–H groups in total. The number of rotatable bonds is 5. The summed E-state index contributed by atoms with van der Waals surface area (Å²) >= 11 is 0. The van der Waals surface area contributed by atoms with E-state index < -0.39 is 6.08 Å². The number of carbonyl (C=O) groups is 1. The summed E-state index contributed by atoms with van der Waals surface area (Å²) in [5.74, 6) is -0.316. The second kappa shape index (κ2) is 6.19. The van der Waals surface area contributed by atoms with Gasteiger partial charge in [0, 0.05) is 6.42 Å². The number of ether oxygens (including phenoxy) is 1. The van der Waals surface area contributed by atoms with E-state index in [0.29, 0.717) is 12.0 Å². The van der Waals surface area contributed by atoms with Crippen molar-refractivity contribution in [1.29, 1.82) is 0 Å². The number of hydrogen-bond acceptors (Lipinski definition) is 3. The fraction of sp³-hybridized carbons (Fsp3) is 0.417. The first-order chi connectivity index (χ1) is 7.56. The minimum absolute atomic E-state index is 0.214. The van der Waals surface area contributed by atoms with E-state index in [1.165, 1.54) is 7.11 Å². The van der Waals surface area contributed by atoms with Gasteiger partial charge < -0.3 is 9.84 Å². The first-order valence-corrected chi connectivity index (χ1v) is 4.91. The molecule has 0 amide bonds. The minimum atomic E-state index is -1.63. The summed E-state index contributed by atoms with van der Waals surface area (Å²) in [4.78, 5) is 10.9. The van der Waals surface area contributed by atoms with E-state index in [1.54, 1.807) is 24.3 Å². The third-order valence-electron chi connectivity index (χ3n) is 2.13. The zero-order valence-corrected chi connectivity index (χ0v) is 8.77. The topological polar surface area (TPSA) is 46.5 Å². The molecule has 15 heavy (non-hydrogen) atoms. The molecule has 3 nitrogen and oxygen atoms in total.